The quantitative estimate of drug-likeness (QED) is 0.301. The molecule has 7 heteroatoms. The van der Waals surface area contributed by atoms with Gasteiger partial charge in [-0.25, -0.2) is 4.79 Å². The highest BCUT2D eigenvalue weighted by atomic mass is 32.2. The molecule has 1 fully saturated rings. The maximum Gasteiger partial charge on any atom is 0.338 e. The SMILES string of the molecule is COC(=O)/C(=C/c1ccccc1)c1ccc(Oc2ccc(CC3SC(=O)NC3=O)cc2)cc1. The van der Waals surface area contributed by atoms with Gasteiger partial charge in [-0.3, -0.25) is 14.9 Å². The van der Waals surface area contributed by atoms with Crippen molar-refractivity contribution >= 4 is 40.5 Å². The zero-order valence-corrected chi connectivity index (χ0v) is 18.6. The molecule has 1 saturated heterocycles. The van der Waals surface area contributed by atoms with E-state index >= 15 is 0 Å². The zero-order valence-electron chi connectivity index (χ0n) is 17.8. The molecule has 1 aliphatic rings. The van der Waals surface area contributed by atoms with Crippen LogP contribution in [0.25, 0.3) is 11.6 Å². The van der Waals surface area contributed by atoms with E-state index in [1.807, 2.05) is 66.7 Å². The number of ether oxygens (including phenoxy) is 2. The molecule has 2 amide bonds. The van der Waals surface area contributed by atoms with Crippen LogP contribution in [0.5, 0.6) is 11.5 Å². The van der Waals surface area contributed by atoms with Crippen LogP contribution in [0.15, 0.2) is 78.9 Å². The summed E-state index contributed by atoms with van der Waals surface area (Å²) in [6.07, 6.45) is 2.26. The van der Waals surface area contributed by atoms with Crippen molar-refractivity contribution < 1.29 is 23.9 Å². The van der Waals surface area contributed by atoms with Crippen LogP contribution in [0.1, 0.15) is 16.7 Å². The Kier molecular flexibility index (Phi) is 6.90. The molecule has 0 aliphatic carbocycles. The number of imide groups is 1. The van der Waals surface area contributed by atoms with Crippen molar-refractivity contribution in [1.82, 2.24) is 5.32 Å². The molecular formula is C26H21NO5S. The molecule has 0 saturated carbocycles. The zero-order chi connectivity index (χ0) is 23.2. The second-order valence-electron chi connectivity index (χ2n) is 7.32. The average molecular weight is 460 g/mol. The van der Waals surface area contributed by atoms with Crippen LogP contribution in [0.2, 0.25) is 0 Å². The second kappa shape index (κ2) is 10.2. The Hall–Kier alpha value is -3.84. The van der Waals surface area contributed by atoms with Gasteiger partial charge in [0.1, 0.15) is 11.5 Å². The summed E-state index contributed by atoms with van der Waals surface area (Å²) >= 11 is 1.01. The van der Waals surface area contributed by atoms with Gasteiger partial charge in [-0.1, -0.05) is 66.4 Å². The summed E-state index contributed by atoms with van der Waals surface area (Å²) in [7, 11) is 1.36. The summed E-state index contributed by atoms with van der Waals surface area (Å²) in [4.78, 5) is 35.4. The summed E-state index contributed by atoms with van der Waals surface area (Å²) in [6.45, 7) is 0. The van der Waals surface area contributed by atoms with Gasteiger partial charge in [-0.15, -0.1) is 0 Å². The van der Waals surface area contributed by atoms with Crippen LogP contribution in [0, 0.1) is 0 Å². The molecule has 1 atom stereocenters. The van der Waals surface area contributed by atoms with E-state index in [1.54, 1.807) is 18.2 Å². The Bertz CT molecular complexity index is 1190. The lowest BCUT2D eigenvalue weighted by molar-refractivity contribution is -0.133. The van der Waals surface area contributed by atoms with Crippen molar-refractivity contribution in [3.05, 3.63) is 95.6 Å². The number of carbonyl (C=O) groups is 3. The monoisotopic (exact) mass is 459 g/mol. The molecule has 0 radical (unpaired) electrons. The summed E-state index contributed by atoms with van der Waals surface area (Å²) in [5.41, 5.74) is 3.01. The average Bonchev–Trinajstić information content (AvgIpc) is 3.16. The molecule has 0 bridgehead atoms. The minimum atomic E-state index is -0.418. The summed E-state index contributed by atoms with van der Waals surface area (Å²) < 4.78 is 10.9. The van der Waals surface area contributed by atoms with Crippen molar-refractivity contribution in [1.29, 1.82) is 0 Å². The number of amides is 2. The van der Waals surface area contributed by atoms with E-state index < -0.39 is 11.2 Å². The number of hydrogen-bond acceptors (Lipinski definition) is 6. The number of benzene rings is 3. The Morgan fingerprint density at radius 3 is 2.15 bits per heavy atom. The van der Waals surface area contributed by atoms with Crippen LogP contribution in [0.4, 0.5) is 4.79 Å². The van der Waals surface area contributed by atoms with E-state index in [9.17, 15) is 14.4 Å². The van der Waals surface area contributed by atoms with Gasteiger partial charge in [-0.2, -0.15) is 0 Å². The second-order valence-corrected chi connectivity index (χ2v) is 8.49. The van der Waals surface area contributed by atoms with Gasteiger partial charge in [0, 0.05) is 0 Å². The fourth-order valence-corrected chi connectivity index (χ4v) is 4.22. The topological polar surface area (TPSA) is 81.7 Å². The fourth-order valence-electron chi connectivity index (χ4n) is 3.36. The number of hydrogen-bond donors (Lipinski definition) is 1. The van der Waals surface area contributed by atoms with Crippen LogP contribution in [-0.2, 0) is 20.7 Å². The lowest BCUT2D eigenvalue weighted by Gasteiger charge is -2.10. The Morgan fingerprint density at radius 1 is 0.939 bits per heavy atom. The Morgan fingerprint density at radius 2 is 1.58 bits per heavy atom. The van der Waals surface area contributed by atoms with Crippen LogP contribution in [-0.4, -0.2) is 29.5 Å². The highest BCUT2D eigenvalue weighted by Crippen LogP contribution is 2.27. The van der Waals surface area contributed by atoms with Gasteiger partial charge < -0.3 is 9.47 Å². The molecule has 166 valence electrons. The van der Waals surface area contributed by atoms with Crippen LogP contribution in [0.3, 0.4) is 0 Å². The van der Waals surface area contributed by atoms with Gasteiger partial charge in [0.05, 0.1) is 17.9 Å². The van der Waals surface area contributed by atoms with E-state index in [0.717, 1.165) is 28.5 Å². The van der Waals surface area contributed by atoms with Crippen molar-refractivity contribution in [2.24, 2.45) is 0 Å². The van der Waals surface area contributed by atoms with Gasteiger partial charge in [0.15, 0.2) is 0 Å². The molecule has 4 rings (SSSR count). The van der Waals surface area contributed by atoms with Gasteiger partial charge in [-0.05, 0) is 53.5 Å². The number of methoxy groups -OCH3 is 1. The first-order valence-electron chi connectivity index (χ1n) is 10.3. The molecule has 1 aliphatic heterocycles. The van der Waals surface area contributed by atoms with Crippen molar-refractivity contribution in [3.8, 4) is 11.5 Å². The largest absolute Gasteiger partial charge is 0.465 e. The summed E-state index contributed by atoms with van der Waals surface area (Å²) in [5, 5.41) is 1.59. The number of rotatable bonds is 7. The maximum atomic E-state index is 12.3. The molecule has 1 heterocycles. The van der Waals surface area contributed by atoms with Crippen molar-refractivity contribution in [3.63, 3.8) is 0 Å². The molecule has 0 spiro atoms. The lowest BCUT2D eigenvalue weighted by atomic mass is 10.0. The molecule has 0 aromatic heterocycles. The van der Waals surface area contributed by atoms with Crippen molar-refractivity contribution in [2.75, 3.05) is 7.11 Å². The van der Waals surface area contributed by atoms with E-state index in [2.05, 4.69) is 5.32 Å². The standard InChI is InChI=1S/C26H21NO5S/c1-31-25(29)22(15-17-5-3-2-4-6-17)19-9-13-21(14-10-19)32-20-11-7-18(8-12-20)16-23-24(28)27-26(30)33-23/h2-15,23H,16H2,1H3,(H,27,28,30)/b22-15+. The summed E-state index contributed by atoms with van der Waals surface area (Å²) in [5.74, 6) is 0.586. The predicted molar refractivity (Wildman–Crippen MR) is 128 cm³/mol. The Labute approximate surface area is 195 Å². The molecule has 6 nitrogen and oxygen atoms in total. The number of thioether (sulfide) groups is 1. The fraction of sp³-hybridized carbons (Fsp3) is 0.115. The molecule has 33 heavy (non-hydrogen) atoms. The molecular weight excluding hydrogens is 438 g/mol. The van der Waals surface area contributed by atoms with Gasteiger partial charge >= 0.3 is 5.97 Å². The van der Waals surface area contributed by atoms with E-state index in [1.165, 1.54) is 7.11 Å². The van der Waals surface area contributed by atoms with Crippen molar-refractivity contribution in [2.45, 2.75) is 11.7 Å². The number of esters is 1. The first-order chi connectivity index (χ1) is 16.0. The van der Waals surface area contributed by atoms with E-state index in [-0.39, 0.29) is 11.1 Å². The Balaban J connectivity index is 1.44. The highest BCUT2D eigenvalue weighted by molar-refractivity contribution is 8.15. The smallest absolute Gasteiger partial charge is 0.338 e. The molecule has 1 unspecified atom stereocenters. The van der Waals surface area contributed by atoms with E-state index in [4.69, 9.17) is 9.47 Å². The minimum Gasteiger partial charge on any atom is -0.465 e. The molecule has 3 aromatic carbocycles. The number of carbonyl (C=O) groups excluding carboxylic acids is 3. The third-order valence-electron chi connectivity index (χ3n) is 5.03. The summed E-state index contributed by atoms with van der Waals surface area (Å²) in [6, 6.07) is 24.1. The van der Waals surface area contributed by atoms with E-state index in [0.29, 0.717) is 23.5 Å². The lowest BCUT2D eigenvalue weighted by Crippen LogP contribution is -2.25. The maximum absolute atomic E-state index is 12.3. The first kappa shape index (κ1) is 22.4. The van der Waals surface area contributed by atoms with Crippen LogP contribution >= 0.6 is 11.8 Å². The van der Waals surface area contributed by atoms with Gasteiger partial charge in [0.2, 0.25) is 5.91 Å². The van der Waals surface area contributed by atoms with Gasteiger partial charge in [0.25, 0.3) is 5.24 Å². The minimum absolute atomic E-state index is 0.252. The third kappa shape index (κ3) is 5.70. The third-order valence-corrected chi connectivity index (χ3v) is 6.01. The number of nitrogens with one attached hydrogen (secondary N) is 1. The first-order valence-corrected chi connectivity index (χ1v) is 11.1. The normalized spacial score (nSPS) is 15.8. The molecule has 3 aromatic rings. The van der Waals surface area contributed by atoms with Crippen LogP contribution < -0.4 is 10.1 Å². The highest BCUT2D eigenvalue weighted by Gasteiger charge is 2.31. The molecule has 1 N–H and O–H groups in total. The predicted octanol–water partition coefficient (Wildman–Crippen LogP) is 5.09.